The highest BCUT2D eigenvalue weighted by molar-refractivity contribution is 5.42. The smallest absolute Gasteiger partial charge is 0.274 e. The largest absolute Gasteiger partial charge is 0.314 e. The molecule has 0 aromatic heterocycles. The Hall–Kier alpha value is -1.53. The minimum atomic E-state index is -0.412. The molecule has 122 valence electrons. The molecule has 0 unspecified atom stereocenters. The summed E-state index contributed by atoms with van der Waals surface area (Å²) >= 11 is 0. The molecule has 6 heteroatoms. The summed E-state index contributed by atoms with van der Waals surface area (Å²) in [5.74, 6) is 0.100. The van der Waals surface area contributed by atoms with Gasteiger partial charge in [-0.1, -0.05) is 13.8 Å². The van der Waals surface area contributed by atoms with Crippen molar-refractivity contribution < 1.29 is 9.31 Å². The van der Waals surface area contributed by atoms with Crippen molar-refractivity contribution in [1.29, 1.82) is 0 Å². The van der Waals surface area contributed by atoms with Gasteiger partial charge in [0.2, 0.25) is 0 Å². The number of piperazine rings is 1. The number of halogens is 1. The first-order valence-corrected chi connectivity index (χ1v) is 7.87. The Morgan fingerprint density at radius 3 is 2.59 bits per heavy atom. The van der Waals surface area contributed by atoms with Gasteiger partial charge in [0.05, 0.1) is 4.92 Å². The number of hydrogen-bond donors (Lipinski definition) is 1. The molecule has 1 aliphatic heterocycles. The molecule has 0 saturated carbocycles. The van der Waals surface area contributed by atoms with Gasteiger partial charge < -0.3 is 5.32 Å². The van der Waals surface area contributed by atoms with E-state index in [9.17, 15) is 14.5 Å². The molecule has 0 radical (unpaired) electrons. The maximum atomic E-state index is 13.7. The van der Waals surface area contributed by atoms with E-state index in [4.69, 9.17) is 0 Å². The second-order valence-corrected chi connectivity index (χ2v) is 6.23. The molecule has 5 nitrogen and oxygen atoms in total. The molecule has 1 N–H and O–H groups in total. The molecule has 1 aromatic rings. The first-order chi connectivity index (χ1) is 10.5. The highest BCUT2D eigenvalue weighted by atomic mass is 19.1. The lowest BCUT2D eigenvalue weighted by Crippen LogP contribution is -2.45. The van der Waals surface area contributed by atoms with E-state index in [1.54, 1.807) is 0 Å². The fraction of sp³-hybridized carbons (Fsp3) is 0.625. The number of nitrogens with one attached hydrogen (secondary N) is 1. The van der Waals surface area contributed by atoms with Crippen LogP contribution in [0.3, 0.4) is 0 Å². The van der Waals surface area contributed by atoms with Crippen LogP contribution in [0.2, 0.25) is 0 Å². The van der Waals surface area contributed by atoms with Crippen LogP contribution in [0.1, 0.15) is 38.3 Å². The van der Waals surface area contributed by atoms with Crippen LogP contribution in [0.15, 0.2) is 18.2 Å². The number of nitro benzene ring substituents is 1. The lowest BCUT2D eigenvalue weighted by molar-refractivity contribution is -0.386. The second kappa shape index (κ2) is 7.65. The van der Waals surface area contributed by atoms with Gasteiger partial charge in [0, 0.05) is 43.9 Å². The van der Waals surface area contributed by atoms with Crippen molar-refractivity contribution in [1.82, 2.24) is 10.2 Å². The van der Waals surface area contributed by atoms with Crippen LogP contribution in [-0.2, 0) is 0 Å². The zero-order valence-corrected chi connectivity index (χ0v) is 13.2. The molecule has 0 aliphatic carbocycles. The summed E-state index contributed by atoms with van der Waals surface area (Å²) < 4.78 is 13.7. The monoisotopic (exact) mass is 309 g/mol. The van der Waals surface area contributed by atoms with E-state index in [2.05, 4.69) is 24.1 Å². The maximum absolute atomic E-state index is 13.7. The van der Waals surface area contributed by atoms with E-state index in [0.29, 0.717) is 11.5 Å². The van der Waals surface area contributed by atoms with Crippen LogP contribution in [0.5, 0.6) is 0 Å². The Morgan fingerprint density at radius 1 is 1.32 bits per heavy atom. The van der Waals surface area contributed by atoms with Gasteiger partial charge in [0.15, 0.2) is 0 Å². The van der Waals surface area contributed by atoms with Crippen molar-refractivity contribution in [3.05, 3.63) is 39.7 Å². The average Bonchev–Trinajstić information content (AvgIpc) is 2.48. The van der Waals surface area contributed by atoms with Crippen molar-refractivity contribution in [2.75, 3.05) is 26.2 Å². The molecule has 1 fully saturated rings. The molecule has 1 atom stereocenters. The van der Waals surface area contributed by atoms with Gasteiger partial charge in [-0.15, -0.1) is 0 Å². The first-order valence-electron chi connectivity index (χ1n) is 7.87. The lowest BCUT2D eigenvalue weighted by Gasteiger charge is -2.35. The van der Waals surface area contributed by atoms with Crippen molar-refractivity contribution in [2.24, 2.45) is 5.92 Å². The van der Waals surface area contributed by atoms with Crippen molar-refractivity contribution in [2.45, 2.75) is 32.7 Å². The summed E-state index contributed by atoms with van der Waals surface area (Å²) in [5, 5.41) is 14.6. The summed E-state index contributed by atoms with van der Waals surface area (Å²) in [4.78, 5) is 13.1. The molecular formula is C16H24FN3O2. The number of nitrogens with zero attached hydrogens (tertiary/aromatic N) is 2. The highest BCUT2D eigenvalue weighted by Gasteiger charge is 2.28. The Kier molecular flexibility index (Phi) is 5.85. The van der Waals surface area contributed by atoms with Crippen molar-refractivity contribution in [3.63, 3.8) is 0 Å². The van der Waals surface area contributed by atoms with Gasteiger partial charge >= 0.3 is 0 Å². The number of benzene rings is 1. The third kappa shape index (κ3) is 4.24. The molecule has 2 rings (SSSR count). The van der Waals surface area contributed by atoms with Crippen LogP contribution in [0, 0.1) is 21.8 Å². The predicted octanol–water partition coefficient (Wildman–Crippen LogP) is 3.12. The van der Waals surface area contributed by atoms with Crippen LogP contribution in [-0.4, -0.2) is 36.0 Å². The number of rotatable bonds is 6. The summed E-state index contributed by atoms with van der Waals surface area (Å²) in [7, 11) is 0. The average molecular weight is 309 g/mol. The van der Waals surface area contributed by atoms with E-state index in [0.717, 1.165) is 39.0 Å². The van der Waals surface area contributed by atoms with E-state index >= 15 is 0 Å². The zero-order chi connectivity index (χ0) is 16.1. The molecule has 1 aliphatic rings. The van der Waals surface area contributed by atoms with Crippen LogP contribution >= 0.6 is 0 Å². The normalized spacial score (nSPS) is 17.6. The minimum Gasteiger partial charge on any atom is -0.314 e. The van der Waals surface area contributed by atoms with E-state index in [1.807, 2.05) is 0 Å². The van der Waals surface area contributed by atoms with Gasteiger partial charge in [0.1, 0.15) is 5.82 Å². The summed E-state index contributed by atoms with van der Waals surface area (Å²) in [5.41, 5.74) is 0.529. The SMILES string of the molecule is CC(C)CC[C@H](c1cc(F)ccc1[N+](=O)[O-])N1CCNCC1. The van der Waals surface area contributed by atoms with Crippen molar-refractivity contribution >= 4 is 5.69 Å². The predicted molar refractivity (Wildman–Crippen MR) is 84.3 cm³/mol. The third-order valence-corrected chi connectivity index (χ3v) is 4.16. The van der Waals surface area contributed by atoms with Crippen molar-refractivity contribution in [3.8, 4) is 0 Å². The fourth-order valence-corrected chi connectivity index (χ4v) is 2.98. The molecule has 1 aromatic carbocycles. The quantitative estimate of drug-likeness (QED) is 0.648. The van der Waals surface area contributed by atoms with Gasteiger partial charge in [0.25, 0.3) is 5.69 Å². The summed E-state index contributed by atoms with van der Waals surface area (Å²) in [6, 6.07) is 3.69. The van der Waals surface area contributed by atoms with Gasteiger partial charge in [-0.25, -0.2) is 4.39 Å². The Bertz CT molecular complexity index is 516. The minimum absolute atomic E-state index is 0.0219. The molecular weight excluding hydrogens is 285 g/mol. The number of hydrogen-bond acceptors (Lipinski definition) is 4. The third-order valence-electron chi connectivity index (χ3n) is 4.16. The van der Waals surface area contributed by atoms with Crippen LogP contribution in [0.4, 0.5) is 10.1 Å². The van der Waals surface area contributed by atoms with Gasteiger partial charge in [-0.2, -0.15) is 0 Å². The standard InChI is InChI=1S/C16H24FN3O2/c1-12(2)3-5-15(19-9-7-18-8-10-19)14-11-13(17)4-6-16(14)20(21)22/h4,6,11-12,15,18H,3,5,7-10H2,1-2H3/t15-/m1/s1. The fourth-order valence-electron chi connectivity index (χ4n) is 2.98. The number of nitro groups is 1. The van der Waals surface area contributed by atoms with E-state index in [-0.39, 0.29) is 11.7 Å². The Labute approximate surface area is 130 Å². The van der Waals surface area contributed by atoms with Crippen LogP contribution < -0.4 is 5.32 Å². The first kappa shape index (κ1) is 16.8. The summed E-state index contributed by atoms with van der Waals surface area (Å²) in [6.07, 6.45) is 1.77. The van der Waals surface area contributed by atoms with E-state index in [1.165, 1.54) is 18.2 Å². The molecule has 0 bridgehead atoms. The maximum Gasteiger partial charge on any atom is 0.274 e. The topological polar surface area (TPSA) is 58.4 Å². The molecule has 1 saturated heterocycles. The van der Waals surface area contributed by atoms with Gasteiger partial charge in [-0.05, 0) is 30.9 Å². The Morgan fingerprint density at radius 2 is 2.00 bits per heavy atom. The lowest BCUT2D eigenvalue weighted by atomic mass is 9.94. The van der Waals surface area contributed by atoms with Crippen LogP contribution in [0.25, 0.3) is 0 Å². The van der Waals surface area contributed by atoms with E-state index < -0.39 is 10.7 Å². The van der Waals surface area contributed by atoms with Gasteiger partial charge in [-0.3, -0.25) is 15.0 Å². The Balaban J connectivity index is 2.34. The molecule has 1 heterocycles. The second-order valence-electron chi connectivity index (χ2n) is 6.23. The molecule has 0 amide bonds. The molecule has 22 heavy (non-hydrogen) atoms. The highest BCUT2D eigenvalue weighted by Crippen LogP contribution is 2.34. The molecule has 0 spiro atoms. The summed E-state index contributed by atoms with van der Waals surface area (Å²) in [6.45, 7) is 7.65. The zero-order valence-electron chi connectivity index (χ0n) is 13.2.